The van der Waals surface area contributed by atoms with Crippen molar-refractivity contribution in [3.63, 3.8) is 0 Å². The van der Waals surface area contributed by atoms with Gasteiger partial charge in [0.05, 0.1) is 17.1 Å². The molecule has 0 heterocycles. The molecule has 4 N–H and O–H groups in total. The largest absolute Gasteiger partial charge is 0.481 e. The summed E-state index contributed by atoms with van der Waals surface area (Å²) < 4.78 is 0. The highest BCUT2D eigenvalue weighted by Crippen LogP contribution is 2.30. The quantitative estimate of drug-likeness (QED) is 0.715. The number of hydrogen-bond donors (Lipinski definition) is 3. The molecule has 0 aliphatic rings. The zero-order valence-electron chi connectivity index (χ0n) is 13.0. The monoisotopic (exact) mass is 332 g/mol. The van der Waals surface area contributed by atoms with Crippen LogP contribution in [0.25, 0.3) is 0 Å². The Balaban J connectivity index is 2.21. The summed E-state index contributed by atoms with van der Waals surface area (Å²) in [6, 6.07) is 15.6. The summed E-state index contributed by atoms with van der Waals surface area (Å²) in [6.45, 7) is 2.33. The molecule has 2 aromatic rings. The van der Waals surface area contributed by atoms with Crippen LogP contribution in [0.4, 0.5) is 5.69 Å². The van der Waals surface area contributed by atoms with Crippen LogP contribution >= 0.6 is 11.6 Å². The van der Waals surface area contributed by atoms with Gasteiger partial charge in [-0.05, 0) is 36.7 Å². The van der Waals surface area contributed by atoms with Gasteiger partial charge in [-0.25, -0.2) is 0 Å². The van der Waals surface area contributed by atoms with E-state index in [9.17, 15) is 4.79 Å². The van der Waals surface area contributed by atoms with Crippen LogP contribution in [-0.4, -0.2) is 17.6 Å². The lowest BCUT2D eigenvalue weighted by Crippen LogP contribution is -2.16. The van der Waals surface area contributed by atoms with Crippen LogP contribution in [0.2, 0.25) is 5.02 Å². The first kappa shape index (κ1) is 17.3. The first-order valence-electron chi connectivity index (χ1n) is 7.54. The molecule has 0 fully saturated rings. The second-order valence-corrected chi connectivity index (χ2v) is 5.95. The number of halogens is 1. The van der Waals surface area contributed by atoms with Gasteiger partial charge in [0.1, 0.15) is 0 Å². The van der Waals surface area contributed by atoms with Crippen LogP contribution in [0.1, 0.15) is 36.4 Å². The summed E-state index contributed by atoms with van der Waals surface area (Å²) in [6.07, 6.45) is 0.00577. The van der Waals surface area contributed by atoms with E-state index in [0.717, 1.165) is 16.8 Å². The predicted molar refractivity (Wildman–Crippen MR) is 94.0 cm³/mol. The number of carboxylic acid groups (broad SMARTS) is 1. The van der Waals surface area contributed by atoms with Gasteiger partial charge in [-0.1, -0.05) is 48.0 Å². The number of hydrogen-bond acceptors (Lipinski definition) is 3. The third-order valence-electron chi connectivity index (χ3n) is 3.84. The average Bonchev–Trinajstić information content (AvgIpc) is 2.55. The maximum atomic E-state index is 11.0. The van der Waals surface area contributed by atoms with Gasteiger partial charge < -0.3 is 16.2 Å². The third kappa shape index (κ3) is 4.71. The average molecular weight is 333 g/mol. The highest BCUT2D eigenvalue weighted by molar-refractivity contribution is 6.33. The van der Waals surface area contributed by atoms with E-state index >= 15 is 0 Å². The topological polar surface area (TPSA) is 75.3 Å². The standard InChI is InChI=1S/C18H21ClN2O2/c1-12(13-5-3-2-4-6-13)21-17-9-14(7-8-16(17)19)15(11-20)10-18(22)23/h2-9,12,15,21H,10-11,20H2,1H3,(H,22,23)/t12?,15-/m0/s1. The zero-order chi connectivity index (χ0) is 16.8. The van der Waals surface area contributed by atoms with E-state index in [2.05, 4.69) is 12.2 Å². The number of nitrogens with one attached hydrogen (secondary N) is 1. The van der Waals surface area contributed by atoms with Crippen LogP contribution in [-0.2, 0) is 4.79 Å². The summed E-state index contributed by atoms with van der Waals surface area (Å²) in [5.41, 5.74) is 8.52. The summed E-state index contributed by atoms with van der Waals surface area (Å²) in [5, 5.41) is 13.0. The van der Waals surface area contributed by atoms with E-state index in [1.54, 1.807) is 6.07 Å². The van der Waals surface area contributed by atoms with Crippen molar-refractivity contribution in [2.24, 2.45) is 5.73 Å². The van der Waals surface area contributed by atoms with Crippen LogP contribution < -0.4 is 11.1 Å². The number of carboxylic acids is 1. The van der Waals surface area contributed by atoms with Crippen molar-refractivity contribution in [1.82, 2.24) is 0 Å². The van der Waals surface area contributed by atoms with E-state index in [-0.39, 0.29) is 24.9 Å². The molecule has 0 saturated carbocycles. The summed E-state index contributed by atoms with van der Waals surface area (Å²) in [7, 11) is 0. The molecular formula is C18H21ClN2O2. The smallest absolute Gasteiger partial charge is 0.304 e. The van der Waals surface area contributed by atoms with Crippen LogP contribution in [0, 0.1) is 0 Å². The Morgan fingerprint density at radius 1 is 1.22 bits per heavy atom. The minimum Gasteiger partial charge on any atom is -0.481 e. The summed E-state index contributed by atoms with van der Waals surface area (Å²) >= 11 is 6.27. The predicted octanol–water partition coefficient (Wildman–Crippen LogP) is 4.03. The van der Waals surface area contributed by atoms with Crippen molar-refractivity contribution >= 4 is 23.3 Å². The highest BCUT2D eigenvalue weighted by Gasteiger charge is 2.16. The third-order valence-corrected chi connectivity index (χ3v) is 4.17. The molecule has 0 aromatic heterocycles. The first-order chi connectivity index (χ1) is 11.0. The molecule has 0 saturated heterocycles. The van der Waals surface area contributed by atoms with E-state index in [4.69, 9.17) is 22.4 Å². The van der Waals surface area contributed by atoms with Gasteiger partial charge in [-0.15, -0.1) is 0 Å². The normalized spacial score (nSPS) is 13.3. The van der Waals surface area contributed by atoms with Crippen LogP contribution in [0.5, 0.6) is 0 Å². The molecule has 2 aromatic carbocycles. The molecule has 2 rings (SSSR count). The summed E-state index contributed by atoms with van der Waals surface area (Å²) in [5.74, 6) is -1.08. The Bertz CT molecular complexity index is 661. The summed E-state index contributed by atoms with van der Waals surface area (Å²) in [4.78, 5) is 11.0. The Labute approximate surface area is 141 Å². The van der Waals surface area contributed by atoms with Crippen molar-refractivity contribution in [2.45, 2.75) is 25.3 Å². The van der Waals surface area contributed by atoms with E-state index in [1.807, 2.05) is 42.5 Å². The van der Waals surface area contributed by atoms with Crippen molar-refractivity contribution < 1.29 is 9.90 Å². The van der Waals surface area contributed by atoms with E-state index in [0.29, 0.717) is 5.02 Å². The van der Waals surface area contributed by atoms with Gasteiger partial charge >= 0.3 is 5.97 Å². The minimum absolute atomic E-state index is 0.00577. The number of anilines is 1. The Kier molecular flexibility index (Phi) is 6.02. The van der Waals surface area contributed by atoms with Crippen molar-refractivity contribution in [3.05, 3.63) is 64.7 Å². The molecule has 0 aliphatic heterocycles. The fourth-order valence-corrected chi connectivity index (χ4v) is 2.69. The van der Waals surface area contributed by atoms with Crippen molar-refractivity contribution in [2.75, 3.05) is 11.9 Å². The van der Waals surface area contributed by atoms with Gasteiger partial charge in [0.15, 0.2) is 0 Å². The molecule has 0 spiro atoms. The molecule has 1 unspecified atom stereocenters. The number of nitrogens with two attached hydrogens (primary N) is 1. The SMILES string of the molecule is CC(Nc1cc([C@H](CN)CC(=O)O)ccc1Cl)c1ccccc1. The van der Waals surface area contributed by atoms with Crippen LogP contribution in [0.15, 0.2) is 48.5 Å². The van der Waals surface area contributed by atoms with Crippen molar-refractivity contribution in [1.29, 1.82) is 0 Å². The van der Waals surface area contributed by atoms with Crippen molar-refractivity contribution in [3.8, 4) is 0 Å². The van der Waals surface area contributed by atoms with Crippen LogP contribution in [0.3, 0.4) is 0 Å². The molecule has 4 nitrogen and oxygen atoms in total. The molecular weight excluding hydrogens is 312 g/mol. The number of carbonyl (C=O) groups is 1. The Morgan fingerprint density at radius 2 is 1.91 bits per heavy atom. The van der Waals surface area contributed by atoms with Gasteiger partial charge in [0.25, 0.3) is 0 Å². The van der Waals surface area contributed by atoms with Gasteiger partial charge in [-0.3, -0.25) is 4.79 Å². The van der Waals surface area contributed by atoms with Gasteiger partial charge in [0.2, 0.25) is 0 Å². The number of rotatable bonds is 7. The molecule has 2 atom stereocenters. The maximum Gasteiger partial charge on any atom is 0.304 e. The second kappa shape index (κ2) is 7.99. The first-order valence-corrected chi connectivity index (χ1v) is 7.92. The minimum atomic E-state index is -0.859. The fraction of sp³-hybridized carbons (Fsp3) is 0.278. The molecule has 0 amide bonds. The molecule has 5 heteroatoms. The maximum absolute atomic E-state index is 11.0. The lowest BCUT2D eigenvalue weighted by Gasteiger charge is -2.19. The van der Waals surface area contributed by atoms with E-state index in [1.165, 1.54) is 0 Å². The molecule has 0 bridgehead atoms. The van der Waals surface area contributed by atoms with E-state index < -0.39 is 5.97 Å². The Morgan fingerprint density at radius 3 is 2.52 bits per heavy atom. The number of benzene rings is 2. The number of aliphatic carboxylic acids is 1. The highest BCUT2D eigenvalue weighted by atomic mass is 35.5. The zero-order valence-corrected chi connectivity index (χ0v) is 13.8. The molecule has 0 aliphatic carbocycles. The fourth-order valence-electron chi connectivity index (χ4n) is 2.51. The lowest BCUT2D eigenvalue weighted by molar-refractivity contribution is -0.137. The van der Waals surface area contributed by atoms with Gasteiger partial charge in [-0.2, -0.15) is 0 Å². The lowest BCUT2D eigenvalue weighted by atomic mass is 9.95. The van der Waals surface area contributed by atoms with Gasteiger partial charge in [0, 0.05) is 12.0 Å². The Hall–Kier alpha value is -2.04. The second-order valence-electron chi connectivity index (χ2n) is 5.55. The molecule has 0 radical (unpaired) electrons. The molecule has 23 heavy (non-hydrogen) atoms. The molecule has 122 valence electrons.